The minimum absolute atomic E-state index is 0.104. The van der Waals surface area contributed by atoms with Crippen molar-refractivity contribution >= 4 is 22.4 Å². The monoisotopic (exact) mass is 779 g/mol. The van der Waals surface area contributed by atoms with Crippen molar-refractivity contribution in [2.45, 2.75) is 24.7 Å². The number of fused-ring (bicyclic) bond motifs is 13. The number of rotatable bonds is 5. The number of nitrogens with zero attached hydrogens (tertiary/aromatic N) is 3. The first-order valence-electron chi connectivity index (χ1n) is 21.3. The second-order valence-corrected chi connectivity index (χ2v) is 16.5. The van der Waals surface area contributed by atoms with Gasteiger partial charge in [0.1, 0.15) is 0 Å². The third-order valence-electron chi connectivity index (χ3n) is 13.1. The summed E-state index contributed by atoms with van der Waals surface area (Å²) in [5.74, 6) is 0.104. The van der Waals surface area contributed by atoms with E-state index in [0.29, 0.717) is 0 Å². The van der Waals surface area contributed by atoms with Crippen molar-refractivity contribution in [1.29, 1.82) is 0 Å². The van der Waals surface area contributed by atoms with Crippen molar-refractivity contribution in [3.8, 4) is 44.8 Å². The number of anilines is 2. The lowest BCUT2D eigenvalue weighted by Crippen LogP contribution is -2.29. The van der Waals surface area contributed by atoms with Gasteiger partial charge in [-0.2, -0.15) is 0 Å². The molecule has 1 atom stereocenters. The first-order chi connectivity index (χ1) is 30.2. The van der Waals surface area contributed by atoms with Crippen LogP contribution in [0.2, 0.25) is 0 Å². The van der Waals surface area contributed by atoms with Crippen LogP contribution in [-0.4, -0.2) is 9.97 Å². The second kappa shape index (κ2) is 14.0. The molecule has 1 heterocycles. The predicted molar refractivity (Wildman–Crippen MR) is 251 cm³/mol. The predicted octanol–water partition coefficient (Wildman–Crippen LogP) is 14.4. The molecule has 0 radical (unpaired) electrons. The van der Waals surface area contributed by atoms with Gasteiger partial charge in [0.05, 0.1) is 27.8 Å². The smallest absolute Gasteiger partial charge is 0.0976 e. The van der Waals surface area contributed by atoms with Crippen molar-refractivity contribution in [2.75, 3.05) is 4.90 Å². The average molecular weight is 780 g/mol. The largest absolute Gasteiger partial charge is 0.311 e. The number of hydrogen-bond donors (Lipinski definition) is 0. The number of para-hydroxylation sites is 2. The maximum Gasteiger partial charge on any atom is 0.0976 e. The average Bonchev–Trinajstić information content (AvgIpc) is 3.57. The lowest BCUT2D eigenvalue weighted by molar-refractivity contribution is 0.775. The fourth-order valence-corrected chi connectivity index (χ4v) is 10.4. The highest BCUT2D eigenvalue weighted by atomic mass is 15.1. The molecule has 1 spiro atoms. The van der Waals surface area contributed by atoms with Gasteiger partial charge in [-0.25, -0.2) is 9.97 Å². The molecule has 0 fully saturated rings. The van der Waals surface area contributed by atoms with E-state index in [1.807, 2.05) is 0 Å². The summed E-state index contributed by atoms with van der Waals surface area (Å²) in [5.41, 5.74) is 21.0. The standard InChI is InChI=1S/C58H41N3/c1-38-28-30-39(31-29-38)44-36-37-45(40-32-34-43(35-33-40)61(41-16-4-2-5-17-41)42-18-6-3-7-19-42)55-54(44)59-56-48-22-10-14-26-52(48)58(53-27-15-11-23-49(53)57(56)60-55)50-24-12-8-20-46(50)47-21-9-13-25-51(47)58/h2-32,34-37,40H,33H2,1H3. The Morgan fingerprint density at radius 3 is 1.46 bits per heavy atom. The van der Waals surface area contributed by atoms with Gasteiger partial charge >= 0.3 is 0 Å². The summed E-state index contributed by atoms with van der Waals surface area (Å²) in [7, 11) is 0. The van der Waals surface area contributed by atoms with Crippen LogP contribution in [-0.2, 0) is 5.41 Å². The van der Waals surface area contributed by atoms with Gasteiger partial charge in [0.15, 0.2) is 0 Å². The van der Waals surface area contributed by atoms with Crippen LogP contribution in [0.5, 0.6) is 0 Å². The number of allylic oxidation sites excluding steroid dienone is 3. The molecule has 0 saturated carbocycles. The number of aromatic nitrogens is 2. The molecular formula is C58H41N3. The molecule has 0 N–H and O–H groups in total. The maximum absolute atomic E-state index is 5.88. The Morgan fingerprint density at radius 2 is 0.934 bits per heavy atom. The van der Waals surface area contributed by atoms with Gasteiger partial charge in [-0.05, 0) is 88.2 Å². The van der Waals surface area contributed by atoms with E-state index in [4.69, 9.17) is 9.97 Å². The van der Waals surface area contributed by atoms with E-state index in [1.54, 1.807) is 0 Å². The number of aryl methyl sites for hydroxylation is 1. The molecule has 0 aliphatic heterocycles. The minimum atomic E-state index is -0.561. The normalized spacial score (nSPS) is 15.2. The van der Waals surface area contributed by atoms with Gasteiger partial charge in [0, 0.05) is 39.7 Å². The molecule has 1 aromatic heterocycles. The van der Waals surface area contributed by atoms with Crippen LogP contribution >= 0.6 is 0 Å². The molecule has 0 amide bonds. The molecule has 8 aromatic carbocycles. The van der Waals surface area contributed by atoms with Crippen LogP contribution in [0.1, 0.15) is 45.7 Å². The third kappa shape index (κ3) is 5.37. The summed E-state index contributed by atoms with van der Waals surface area (Å²) in [4.78, 5) is 14.1. The third-order valence-corrected chi connectivity index (χ3v) is 13.1. The van der Waals surface area contributed by atoms with Crippen LogP contribution in [0.25, 0.3) is 55.8 Å². The molecule has 3 heteroatoms. The summed E-state index contributed by atoms with van der Waals surface area (Å²) < 4.78 is 0. The molecule has 1 unspecified atom stereocenters. The van der Waals surface area contributed by atoms with Crippen molar-refractivity contribution < 1.29 is 0 Å². The van der Waals surface area contributed by atoms with Gasteiger partial charge in [-0.1, -0.05) is 188 Å². The molecule has 12 rings (SSSR count). The van der Waals surface area contributed by atoms with Crippen molar-refractivity contribution in [3.05, 3.63) is 251 Å². The molecular weight excluding hydrogens is 739 g/mol. The number of hydrogen-bond acceptors (Lipinski definition) is 3. The molecule has 3 aliphatic carbocycles. The molecule has 3 nitrogen and oxygen atoms in total. The van der Waals surface area contributed by atoms with Gasteiger partial charge < -0.3 is 4.90 Å². The van der Waals surface area contributed by atoms with Crippen molar-refractivity contribution in [3.63, 3.8) is 0 Å². The lowest BCUT2D eigenvalue weighted by Gasteiger charge is -2.35. The molecule has 0 saturated heterocycles. The van der Waals surface area contributed by atoms with Crippen LogP contribution < -0.4 is 4.90 Å². The molecule has 0 bridgehead atoms. The summed E-state index contributed by atoms with van der Waals surface area (Å²) in [6, 6.07) is 70.5. The Morgan fingerprint density at radius 1 is 0.459 bits per heavy atom. The topological polar surface area (TPSA) is 29.0 Å². The lowest BCUT2D eigenvalue weighted by atomic mass is 9.66. The Hall–Kier alpha value is -7.62. The van der Waals surface area contributed by atoms with Gasteiger partial charge in [0.2, 0.25) is 0 Å². The molecule has 9 aromatic rings. The summed E-state index contributed by atoms with van der Waals surface area (Å²) in [6.45, 7) is 2.14. The van der Waals surface area contributed by atoms with E-state index in [2.05, 4.69) is 224 Å². The van der Waals surface area contributed by atoms with E-state index in [9.17, 15) is 0 Å². The van der Waals surface area contributed by atoms with Crippen LogP contribution in [0.15, 0.2) is 218 Å². The van der Waals surface area contributed by atoms with Gasteiger partial charge in [0.25, 0.3) is 0 Å². The quantitative estimate of drug-likeness (QED) is 0.174. The first-order valence-corrected chi connectivity index (χ1v) is 21.3. The Bertz CT molecular complexity index is 3150. The SMILES string of the molecule is Cc1ccc(-c2ccc(C3C=CC(N(c4ccccc4)c4ccccc4)=CC3)c3nc4c(nc23)-c2ccccc2C2(c3ccccc3-c3ccccc32)c2ccccc2-4)cc1. The van der Waals surface area contributed by atoms with Crippen molar-refractivity contribution in [1.82, 2.24) is 9.97 Å². The van der Waals surface area contributed by atoms with E-state index < -0.39 is 5.41 Å². The van der Waals surface area contributed by atoms with Crippen LogP contribution in [0.4, 0.5) is 11.4 Å². The fourth-order valence-electron chi connectivity index (χ4n) is 10.4. The highest BCUT2D eigenvalue weighted by molar-refractivity contribution is 6.01. The highest BCUT2D eigenvalue weighted by Gasteiger charge is 2.50. The van der Waals surface area contributed by atoms with Gasteiger partial charge in [-0.15, -0.1) is 0 Å². The summed E-state index contributed by atoms with van der Waals surface area (Å²) in [5, 5.41) is 0. The Balaban J connectivity index is 1.09. The Labute approximate surface area is 356 Å². The van der Waals surface area contributed by atoms with Crippen LogP contribution in [0, 0.1) is 6.92 Å². The van der Waals surface area contributed by atoms with E-state index in [1.165, 1.54) is 44.5 Å². The minimum Gasteiger partial charge on any atom is -0.311 e. The Kier molecular flexibility index (Phi) is 8.11. The fraction of sp³-hybridized carbons (Fsp3) is 0.0690. The zero-order valence-corrected chi connectivity index (χ0v) is 33.8. The zero-order valence-electron chi connectivity index (χ0n) is 33.8. The highest BCUT2D eigenvalue weighted by Crippen LogP contribution is 2.61. The second-order valence-electron chi connectivity index (χ2n) is 16.5. The van der Waals surface area contributed by atoms with E-state index >= 15 is 0 Å². The number of benzene rings is 8. The van der Waals surface area contributed by atoms with Crippen LogP contribution in [0.3, 0.4) is 0 Å². The van der Waals surface area contributed by atoms with E-state index in [0.717, 1.165) is 68.2 Å². The summed E-state index contributed by atoms with van der Waals surface area (Å²) in [6.07, 6.45) is 7.86. The molecule has 288 valence electrons. The maximum atomic E-state index is 5.88. The molecule has 61 heavy (non-hydrogen) atoms. The zero-order chi connectivity index (χ0) is 40.5. The van der Waals surface area contributed by atoms with E-state index in [-0.39, 0.29) is 5.92 Å². The first kappa shape index (κ1) is 35.3. The van der Waals surface area contributed by atoms with Crippen molar-refractivity contribution in [2.24, 2.45) is 0 Å². The van der Waals surface area contributed by atoms with Gasteiger partial charge in [-0.3, -0.25) is 0 Å². The summed E-state index contributed by atoms with van der Waals surface area (Å²) >= 11 is 0. The molecule has 3 aliphatic rings.